The fourth-order valence-electron chi connectivity index (χ4n) is 2.84. The predicted molar refractivity (Wildman–Crippen MR) is 102 cm³/mol. The Bertz CT molecular complexity index is 946. The number of carbonyl (C=O) groups is 2. The predicted octanol–water partition coefficient (Wildman–Crippen LogP) is 3.64. The minimum atomic E-state index is -0.181. The van der Waals surface area contributed by atoms with E-state index in [0.717, 1.165) is 10.9 Å². The van der Waals surface area contributed by atoms with E-state index in [1.807, 2.05) is 30.5 Å². The molecule has 3 aromatic rings. The minimum Gasteiger partial charge on any atom is -0.494 e. The zero-order chi connectivity index (χ0) is 18.5. The third-order valence-electron chi connectivity index (χ3n) is 4.06. The highest BCUT2D eigenvalue weighted by molar-refractivity contribution is 5.93. The molecule has 2 amide bonds. The zero-order valence-electron chi connectivity index (χ0n) is 14.8. The van der Waals surface area contributed by atoms with Crippen molar-refractivity contribution in [3.05, 3.63) is 54.7 Å². The Labute approximate surface area is 151 Å². The molecular formula is C20H21N3O3. The molecule has 2 N–H and O–H groups in total. The molecular weight excluding hydrogens is 330 g/mol. The molecule has 0 radical (unpaired) electrons. The molecule has 0 atom stereocenters. The summed E-state index contributed by atoms with van der Waals surface area (Å²) in [6.45, 7) is 2.03. The van der Waals surface area contributed by atoms with Crippen LogP contribution in [0, 0.1) is 0 Å². The zero-order valence-corrected chi connectivity index (χ0v) is 14.8. The smallest absolute Gasteiger partial charge is 0.226 e. The number of amides is 2. The molecule has 0 unspecified atom stereocenters. The third-order valence-corrected chi connectivity index (χ3v) is 4.06. The Balaban J connectivity index is 1.63. The number of nitrogens with one attached hydrogen (secondary N) is 2. The molecule has 0 bridgehead atoms. The van der Waals surface area contributed by atoms with Crippen LogP contribution in [0.5, 0.6) is 5.75 Å². The number of anilines is 2. The van der Waals surface area contributed by atoms with Crippen LogP contribution in [0.15, 0.2) is 54.7 Å². The molecule has 134 valence electrons. The second kappa shape index (κ2) is 7.74. The second-order valence-electron chi connectivity index (χ2n) is 5.96. The first-order valence-electron chi connectivity index (χ1n) is 8.36. The lowest BCUT2D eigenvalue weighted by molar-refractivity contribution is -0.116. The van der Waals surface area contributed by atoms with Crippen LogP contribution in [0.3, 0.4) is 0 Å². The van der Waals surface area contributed by atoms with Gasteiger partial charge in [-0.3, -0.25) is 9.59 Å². The summed E-state index contributed by atoms with van der Waals surface area (Å²) in [7, 11) is 1.52. The molecule has 0 aliphatic carbocycles. The fourth-order valence-corrected chi connectivity index (χ4v) is 2.84. The number of ether oxygens (including phenoxy) is 1. The van der Waals surface area contributed by atoms with Crippen LogP contribution in [0.1, 0.15) is 13.3 Å². The molecule has 0 aliphatic heterocycles. The Morgan fingerprint density at radius 1 is 1.08 bits per heavy atom. The molecule has 1 aromatic heterocycles. The number of methoxy groups -OCH3 is 1. The molecule has 0 saturated carbocycles. The van der Waals surface area contributed by atoms with Crippen molar-refractivity contribution in [1.29, 1.82) is 0 Å². The first-order chi connectivity index (χ1) is 12.6. The van der Waals surface area contributed by atoms with E-state index >= 15 is 0 Å². The number of aryl methyl sites for hydroxylation is 1. The topological polar surface area (TPSA) is 72.4 Å². The first kappa shape index (κ1) is 17.5. The maximum atomic E-state index is 12.3. The summed E-state index contributed by atoms with van der Waals surface area (Å²) >= 11 is 0. The van der Waals surface area contributed by atoms with Gasteiger partial charge in [0.1, 0.15) is 5.75 Å². The summed E-state index contributed by atoms with van der Waals surface area (Å²) in [5, 5.41) is 6.71. The van der Waals surface area contributed by atoms with Gasteiger partial charge in [-0.1, -0.05) is 18.2 Å². The molecule has 1 heterocycles. The largest absolute Gasteiger partial charge is 0.494 e. The Morgan fingerprint density at radius 3 is 2.65 bits per heavy atom. The van der Waals surface area contributed by atoms with Gasteiger partial charge < -0.3 is 19.9 Å². The molecule has 6 heteroatoms. The van der Waals surface area contributed by atoms with E-state index in [9.17, 15) is 9.59 Å². The van der Waals surface area contributed by atoms with Crippen molar-refractivity contribution in [3.8, 4) is 5.75 Å². The molecule has 6 nitrogen and oxygen atoms in total. The van der Waals surface area contributed by atoms with Crippen LogP contribution in [-0.2, 0) is 16.1 Å². The van der Waals surface area contributed by atoms with Gasteiger partial charge in [0.2, 0.25) is 11.8 Å². The Morgan fingerprint density at radius 2 is 1.88 bits per heavy atom. The van der Waals surface area contributed by atoms with Gasteiger partial charge >= 0.3 is 0 Å². The van der Waals surface area contributed by atoms with Gasteiger partial charge in [-0.15, -0.1) is 0 Å². The van der Waals surface area contributed by atoms with Crippen LogP contribution in [0.25, 0.3) is 10.9 Å². The third kappa shape index (κ3) is 4.03. The van der Waals surface area contributed by atoms with Gasteiger partial charge in [-0.05, 0) is 29.7 Å². The highest BCUT2D eigenvalue weighted by Crippen LogP contribution is 2.28. The number of hydrogen-bond acceptors (Lipinski definition) is 3. The van der Waals surface area contributed by atoms with Crippen LogP contribution in [0.4, 0.5) is 11.4 Å². The van der Waals surface area contributed by atoms with Gasteiger partial charge in [0.25, 0.3) is 0 Å². The van der Waals surface area contributed by atoms with Gasteiger partial charge in [-0.25, -0.2) is 0 Å². The van der Waals surface area contributed by atoms with E-state index in [2.05, 4.69) is 21.3 Å². The van der Waals surface area contributed by atoms with E-state index in [-0.39, 0.29) is 11.8 Å². The lowest BCUT2D eigenvalue weighted by Crippen LogP contribution is -2.14. The molecule has 2 aromatic carbocycles. The first-order valence-corrected chi connectivity index (χ1v) is 8.36. The number of fused-ring (bicyclic) bond motifs is 1. The molecule has 0 saturated heterocycles. The summed E-state index contributed by atoms with van der Waals surface area (Å²) in [6, 6.07) is 15.2. The number of nitrogens with zero attached hydrogens (tertiary/aromatic N) is 1. The highest BCUT2D eigenvalue weighted by Gasteiger charge is 2.09. The SMILES string of the molecule is COc1cc(NC(=O)CCn2ccc3ccccc32)ccc1NC(C)=O. The van der Waals surface area contributed by atoms with E-state index in [0.29, 0.717) is 30.1 Å². The number of hydrogen-bond donors (Lipinski definition) is 2. The molecule has 3 rings (SSSR count). The number of rotatable bonds is 6. The monoisotopic (exact) mass is 351 g/mol. The van der Waals surface area contributed by atoms with Crippen LogP contribution in [0.2, 0.25) is 0 Å². The number of para-hydroxylation sites is 1. The van der Waals surface area contributed by atoms with E-state index < -0.39 is 0 Å². The fraction of sp³-hybridized carbons (Fsp3) is 0.200. The van der Waals surface area contributed by atoms with Gasteiger partial charge in [0.05, 0.1) is 12.8 Å². The summed E-state index contributed by atoms with van der Waals surface area (Å²) < 4.78 is 7.33. The number of aromatic nitrogens is 1. The van der Waals surface area contributed by atoms with Crippen molar-refractivity contribution in [2.24, 2.45) is 0 Å². The maximum absolute atomic E-state index is 12.3. The average Bonchev–Trinajstić information content (AvgIpc) is 3.04. The Hall–Kier alpha value is -3.28. The molecule has 26 heavy (non-hydrogen) atoms. The molecule has 0 spiro atoms. The number of benzene rings is 2. The van der Waals surface area contributed by atoms with Crippen LogP contribution >= 0.6 is 0 Å². The van der Waals surface area contributed by atoms with Crippen molar-refractivity contribution in [3.63, 3.8) is 0 Å². The quantitative estimate of drug-likeness (QED) is 0.712. The van der Waals surface area contributed by atoms with E-state index in [1.54, 1.807) is 18.2 Å². The molecule has 0 aliphatic rings. The molecule has 0 fully saturated rings. The van der Waals surface area contributed by atoms with Gasteiger partial charge in [0, 0.05) is 43.4 Å². The average molecular weight is 351 g/mol. The van der Waals surface area contributed by atoms with Crippen molar-refractivity contribution in [2.75, 3.05) is 17.7 Å². The lowest BCUT2D eigenvalue weighted by atomic mass is 10.2. The van der Waals surface area contributed by atoms with Crippen LogP contribution in [-0.4, -0.2) is 23.5 Å². The minimum absolute atomic E-state index is 0.0860. The normalized spacial score (nSPS) is 10.5. The maximum Gasteiger partial charge on any atom is 0.226 e. The standard InChI is InChI=1S/C20H21N3O3/c1-14(24)21-17-8-7-16(13-19(17)26-2)22-20(25)10-12-23-11-9-15-5-3-4-6-18(15)23/h3-9,11,13H,10,12H2,1-2H3,(H,21,24)(H,22,25). The van der Waals surface area contributed by atoms with E-state index in [1.165, 1.54) is 14.0 Å². The Kier molecular flexibility index (Phi) is 5.22. The van der Waals surface area contributed by atoms with Crippen LogP contribution < -0.4 is 15.4 Å². The van der Waals surface area contributed by atoms with Crippen molar-refractivity contribution < 1.29 is 14.3 Å². The summed E-state index contributed by atoms with van der Waals surface area (Å²) in [5.74, 6) is 0.227. The lowest BCUT2D eigenvalue weighted by Gasteiger charge is -2.12. The second-order valence-corrected chi connectivity index (χ2v) is 5.96. The van der Waals surface area contributed by atoms with E-state index in [4.69, 9.17) is 4.74 Å². The van der Waals surface area contributed by atoms with Gasteiger partial charge in [0.15, 0.2) is 0 Å². The van der Waals surface area contributed by atoms with Crippen molar-refractivity contribution >= 4 is 34.1 Å². The summed E-state index contributed by atoms with van der Waals surface area (Å²) in [4.78, 5) is 23.5. The van der Waals surface area contributed by atoms with Gasteiger partial charge in [-0.2, -0.15) is 0 Å². The number of carbonyl (C=O) groups excluding carboxylic acids is 2. The summed E-state index contributed by atoms with van der Waals surface area (Å²) in [5.41, 5.74) is 2.30. The summed E-state index contributed by atoms with van der Waals surface area (Å²) in [6.07, 6.45) is 2.34. The van der Waals surface area contributed by atoms with Crippen molar-refractivity contribution in [2.45, 2.75) is 19.9 Å². The highest BCUT2D eigenvalue weighted by atomic mass is 16.5. The van der Waals surface area contributed by atoms with Crippen molar-refractivity contribution in [1.82, 2.24) is 4.57 Å².